The predicted molar refractivity (Wildman–Crippen MR) is 124 cm³/mol. The number of hydrogen-bond donors (Lipinski definition) is 4. The Morgan fingerprint density at radius 1 is 1.26 bits per heavy atom. The molecule has 0 spiro atoms. The summed E-state index contributed by atoms with van der Waals surface area (Å²) in [6, 6.07) is 6.25. The molecule has 0 atom stereocenters. The number of halogens is 1. The molecule has 9 heteroatoms. The number of nitrogens with zero attached hydrogens (tertiary/aromatic N) is 1. The van der Waals surface area contributed by atoms with Crippen LogP contribution in [0.25, 0.3) is 10.9 Å². The first-order chi connectivity index (χ1) is 12.1. The molecule has 152 valence electrons. The van der Waals surface area contributed by atoms with Crippen LogP contribution < -0.4 is 15.4 Å². The van der Waals surface area contributed by atoms with Crippen LogP contribution in [0.4, 0.5) is 0 Å². The smallest absolute Gasteiger partial charge is 0.209 e. The van der Waals surface area contributed by atoms with Crippen LogP contribution in [-0.2, 0) is 16.4 Å². The highest BCUT2D eigenvalue weighted by atomic mass is 127. The summed E-state index contributed by atoms with van der Waals surface area (Å²) >= 11 is 0. The third-order valence-electron chi connectivity index (χ3n) is 4.07. The van der Waals surface area contributed by atoms with E-state index in [0.29, 0.717) is 12.5 Å². The monoisotopic (exact) mass is 507 g/mol. The minimum atomic E-state index is -3.26. The quantitative estimate of drug-likeness (QED) is 0.262. The van der Waals surface area contributed by atoms with Gasteiger partial charge in [-0.25, -0.2) is 13.1 Å². The van der Waals surface area contributed by atoms with Gasteiger partial charge < -0.3 is 15.6 Å². The molecule has 1 heterocycles. The third-order valence-corrected chi connectivity index (χ3v) is 4.99. The zero-order valence-corrected chi connectivity index (χ0v) is 19.7. The number of fused-ring (bicyclic) bond motifs is 1. The Labute approximate surface area is 178 Å². The molecule has 0 saturated heterocycles. The van der Waals surface area contributed by atoms with Gasteiger partial charge in [0, 0.05) is 42.8 Å². The van der Waals surface area contributed by atoms with Crippen LogP contribution in [0.1, 0.15) is 25.0 Å². The van der Waals surface area contributed by atoms with E-state index in [1.807, 2.05) is 19.9 Å². The van der Waals surface area contributed by atoms with Gasteiger partial charge in [-0.3, -0.25) is 4.99 Å². The second-order valence-corrected chi connectivity index (χ2v) is 8.92. The second kappa shape index (κ2) is 9.74. The van der Waals surface area contributed by atoms with Gasteiger partial charge in [0.2, 0.25) is 10.0 Å². The fourth-order valence-corrected chi connectivity index (χ4v) is 4.10. The van der Waals surface area contributed by atoms with E-state index < -0.39 is 15.6 Å². The normalized spacial score (nSPS) is 12.7. The number of aryl methyl sites for hydroxylation is 1. The van der Waals surface area contributed by atoms with Gasteiger partial charge in [0.05, 0.1) is 6.26 Å². The van der Waals surface area contributed by atoms with Crippen molar-refractivity contribution >= 4 is 50.9 Å². The number of sulfonamides is 1. The highest BCUT2D eigenvalue weighted by Gasteiger charge is 2.22. The van der Waals surface area contributed by atoms with E-state index in [1.54, 1.807) is 7.05 Å². The molecule has 0 saturated carbocycles. The number of hydrogen-bond acceptors (Lipinski definition) is 3. The van der Waals surface area contributed by atoms with E-state index in [-0.39, 0.29) is 24.0 Å². The van der Waals surface area contributed by atoms with Gasteiger partial charge in [0.15, 0.2) is 5.96 Å². The molecule has 0 amide bonds. The average molecular weight is 507 g/mol. The van der Waals surface area contributed by atoms with Crippen LogP contribution in [0.15, 0.2) is 29.4 Å². The first kappa shape index (κ1) is 23.7. The lowest BCUT2D eigenvalue weighted by Gasteiger charge is -2.26. The second-order valence-electron chi connectivity index (χ2n) is 7.17. The minimum absolute atomic E-state index is 0. The number of aromatic nitrogens is 1. The highest BCUT2D eigenvalue weighted by Crippen LogP contribution is 2.22. The van der Waals surface area contributed by atoms with Gasteiger partial charge in [0.25, 0.3) is 0 Å². The first-order valence-electron chi connectivity index (χ1n) is 8.60. The summed E-state index contributed by atoms with van der Waals surface area (Å²) in [6.45, 7) is 6.91. The van der Waals surface area contributed by atoms with Gasteiger partial charge in [-0.05, 0) is 44.4 Å². The minimum Gasteiger partial charge on any atom is -0.361 e. The molecule has 1 aromatic carbocycles. The standard InChI is InChI=1S/C18H29N5O2S.HI/c1-13-7-6-8-15-16(13)14(11-21-15)9-10-20-17(19-4)22-12-18(2,3)23-26(5,24)25;/h6-8,11,21,23H,9-10,12H2,1-5H3,(H2,19,20,22);1H. The molecular formula is C18H30IN5O2S. The molecule has 2 rings (SSSR count). The van der Waals surface area contributed by atoms with Gasteiger partial charge in [-0.15, -0.1) is 24.0 Å². The van der Waals surface area contributed by atoms with Crippen molar-refractivity contribution in [1.82, 2.24) is 20.3 Å². The predicted octanol–water partition coefficient (Wildman–Crippen LogP) is 2.13. The van der Waals surface area contributed by atoms with Gasteiger partial charge >= 0.3 is 0 Å². The van der Waals surface area contributed by atoms with Crippen molar-refractivity contribution in [2.24, 2.45) is 4.99 Å². The van der Waals surface area contributed by atoms with Crippen LogP contribution in [-0.4, -0.2) is 51.3 Å². The van der Waals surface area contributed by atoms with Crippen molar-refractivity contribution in [3.8, 4) is 0 Å². The van der Waals surface area contributed by atoms with E-state index >= 15 is 0 Å². The van der Waals surface area contributed by atoms with Gasteiger partial charge in [0.1, 0.15) is 0 Å². The zero-order chi connectivity index (χ0) is 19.4. The number of benzene rings is 1. The Hall–Kier alpha value is -1.33. The van der Waals surface area contributed by atoms with Gasteiger partial charge in [-0.1, -0.05) is 12.1 Å². The molecule has 0 aliphatic heterocycles. The Bertz CT molecular complexity index is 890. The number of aliphatic imine (C=N–C) groups is 1. The number of H-pyrrole nitrogens is 1. The van der Waals surface area contributed by atoms with Crippen LogP contribution >= 0.6 is 24.0 Å². The zero-order valence-electron chi connectivity index (χ0n) is 16.5. The lowest BCUT2D eigenvalue weighted by atomic mass is 10.1. The Kier molecular flexibility index (Phi) is 8.55. The van der Waals surface area contributed by atoms with Crippen molar-refractivity contribution in [2.45, 2.75) is 32.7 Å². The van der Waals surface area contributed by atoms with Crippen LogP contribution in [0.3, 0.4) is 0 Å². The fraction of sp³-hybridized carbons (Fsp3) is 0.500. The molecule has 0 bridgehead atoms. The largest absolute Gasteiger partial charge is 0.361 e. The van der Waals surface area contributed by atoms with Gasteiger partial charge in [-0.2, -0.15) is 0 Å². The molecule has 0 unspecified atom stereocenters. The van der Waals surface area contributed by atoms with E-state index in [2.05, 4.69) is 50.6 Å². The molecule has 27 heavy (non-hydrogen) atoms. The van der Waals surface area contributed by atoms with Crippen LogP contribution in [0, 0.1) is 6.92 Å². The molecule has 1 aromatic heterocycles. The van der Waals surface area contributed by atoms with Crippen molar-refractivity contribution in [3.63, 3.8) is 0 Å². The molecule has 2 aromatic rings. The lowest BCUT2D eigenvalue weighted by Crippen LogP contribution is -2.53. The Balaban J connectivity index is 0.00000364. The molecular weight excluding hydrogens is 477 g/mol. The maximum absolute atomic E-state index is 11.4. The maximum Gasteiger partial charge on any atom is 0.209 e. The molecule has 0 aliphatic rings. The van der Waals surface area contributed by atoms with Crippen molar-refractivity contribution in [2.75, 3.05) is 26.4 Å². The fourth-order valence-electron chi connectivity index (χ4n) is 3.03. The number of guanidine groups is 1. The molecule has 7 nitrogen and oxygen atoms in total. The highest BCUT2D eigenvalue weighted by molar-refractivity contribution is 14.0. The molecule has 4 N–H and O–H groups in total. The van der Waals surface area contributed by atoms with Crippen molar-refractivity contribution in [3.05, 3.63) is 35.5 Å². The van der Waals surface area contributed by atoms with E-state index in [9.17, 15) is 8.42 Å². The number of rotatable bonds is 7. The number of nitrogens with one attached hydrogen (secondary N) is 4. The van der Waals surface area contributed by atoms with E-state index in [0.717, 1.165) is 24.7 Å². The molecule has 0 fully saturated rings. The summed E-state index contributed by atoms with van der Waals surface area (Å²) in [5.41, 5.74) is 3.06. The summed E-state index contributed by atoms with van der Waals surface area (Å²) in [5.74, 6) is 0.643. The van der Waals surface area contributed by atoms with E-state index in [4.69, 9.17) is 0 Å². The summed E-state index contributed by atoms with van der Waals surface area (Å²) in [6.07, 6.45) is 4.07. The topological polar surface area (TPSA) is 98.4 Å². The molecule has 0 radical (unpaired) electrons. The summed E-state index contributed by atoms with van der Waals surface area (Å²) < 4.78 is 25.4. The maximum atomic E-state index is 11.4. The van der Waals surface area contributed by atoms with Crippen molar-refractivity contribution in [1.29, 1.82) is 0 Å². The summed E-state index contributed by atoms with van der Waals surface area (Å²) in [5, 5.41) is 7.71. The average Bonchev–Trinajstić information content (AvgIpc) is 2.93. The molecule has 0 aliphatic carbocycles. The number of aromatic amines is 1. The summed E-state index contributed by atoms with van der Waals surface area (Å²) in [4.78, 5) is 7.50. The Morgan fingerprint density at radius 3 is 2.59 bits per heavy atom. The van der Waals surface area contributed by atoms with Crippen LogP contribution in [0.5, 0.6) is 0 Å². The van der Waals surface area contributed by atoms with Crippen molar-refractivity contribution < 1.29 is 8.42 Å². The Morgan fingerprint density at radius 2 is 1.96 bits per heavy atom. The lowest BCUT2D eigenvalue weighted by molar-refractivity contribution is 0.446. The first-order valence-corrected chi connectivity index (χ1v) is 10.5. The SMILES string of the molecule is CN=C(NCCc1c[nH]c2cccc(C)c12)NCC(C)(C)NS(C)(=O)=O.I. The van der Waals surface area contributed by atoms with E-state index in [1.165, 1.54) is 16.5 Å². The van der Waals surface area contributed by atoms with Crippen LogP contribution in [0.2, 0.25) is 0 Å². The summed E-state index contributed by atoms with van der Waals surface area (Å²) in [7, 11) is -1.57. The third kappa shape index (κ3) is 7.30.